The highest BCUT2D eigenvalue weighted by atomic mass is 31.2. The standard InChI is InChI=1S/C26H42FO5P/c1-11-31-33(29,32-12-2)26(9,27)23(28)18-16-20(25(6,7)8)22(30-10)21-17(18)14-13-15-19(21)24(3,4)5/h16,19H,11-15H2,1-10H3. The van der Waals surface area contributed by atoms with Gasteiger partial charge in [-0.1, -0.05) is 41.5 Å². The molecule has 1 aromatic carbocycles. The van der Waals surface area contributed by atoms with Crippen molar-refractivity contribution < 1.29 is 27.5 Å². The normalized spacial score (nSPS) is 19.1. The first-order chi connectivity index (χ1) is 15.1. The Hall–Kier alpha value is -1.23. The lowest BCUT2D eigenvalue weighted by Crippen LogP contribution is -2.35. The largest absolute Gasteiger partial charge is 0.496 e. The van der Waals surface area contributed by atoms with Crippen LogP contribution < -0.4 is 4.74 Å². The predicted molar refractivity (Wildman–Crippen MR) is 132 cm³/mol. The minimum Gasteiger partial charge on any atom is -0.496 e. The molecular weight excluding hydrogens is 442 g/mol. The number of carbonyl (C=O) groups excluding carboxylic acids is 1. The van der Waals surface area contributed by atoms with Crippen LogP contribution in [0.2, 0.25) is 0 Å². The van der Waals surface area contributed by atoms with E-state index in [1.807, 2.05) is 20.8 Å². The lowest BCUT2D eigenvalue weighted by atomic mass is 9.66. The molecule has 0 radical (unpaired) electrons. The average molecular weight is 485 g/mol. The summed E-state index contributed by atoms with van der Waals surface area (Å²) in [7, 11) is -2.70. The maximum atomic E-state index is 16.2. The van der Waals surface area contributed by atoms with Crippen molar-refractivity contribution in [2.75, 3.05) is 20.3 Å². The fourth-order valence-corrected chi connectivity index (χ4v) is 6.43. The van der Waals surface area contributed by atoms with Gasteiger partial charge in [0.15, 0.2) is 0 Å². The van der Waals surface area contributed by atoms with E-state index in [0.29, 0.717) is 6.42 Å². The topological polar surface area (TPSA) is 61.8 Å². The lowest BCUT2D eigenvalue weighted by molar-refractivity contribution is 0.0768. The number of ketones is 1. The number of methoxy groups -OCH3 is 1. The third kappa shape index (κ3) is 5.23. The summed E-state index contributed by atoms with van der Waals surface area (Å²) in [6.45, 7) is 16.8. The predicted octanol–water partition coefficient (Wildman–Crippen LogP) is 7.59. The zero-order chi connectivity index (χ0) is 25.4. The Labute approximate surface area is 199 Å². The molecule has 0 bridgehead atoms. The Kier molecular flexibility index (Phi) is 8.31. The number of Topliss-reactive ketones (excluding diaryl/α,β-unsaturated/α-hetero) is 1. The average Bonchev–Trinajstić information content (AvgIpc) is 2.70. The zero-order valence-corrected chi connectivity index (χ0v) is 23.0. The first-order valence-corrected chi connectivity index (χ1v) is 13.5. The number of hydrogen-bond acceptors (Lipinski definition) is 5. The molecule has 1 aliphatic rings. The monoisotopic (exact) mass is 484 g/mol. The van der Waals surface area contributed by atoms with Crippen LogP contribution in [0.5, 0.6) is 5.75 Å². The number of fused-ring (bicyclic) bond motifs is 1. The van der Waals surface area contributed by atoms with E-state index in [1.54, 1.807) is 27.0 Å². The van der Waals surface area contributed by atoms with Gasteiger partial charge in [-0.15, -0.1) is 0 Å². The van der Waals surface area contributed by atoms with Crippen molar-refractivity contribution in [2.45, 2.75) is 98.3 Å². The molecule has 0 N–H and O–H groups in total. The number of halogens is 1. The SMILES string of the molecule is CCOP(=O)(OCC)C(C)(F)C(=O)c1cc(C(C)(C)C)c(OC)c2c1CCCC2C(C)(C)C. The van der Waals surface area contributed by atoms with Gasteiger partial charge in [0, 0.05) is 16.7 Å². The third-order valence-corrected chi connectivity index (χ3v) is 8.95. The number of alkyl halides is 1. The Balaban J connectivity index is 2.89. The Morgan fingerprint density at radius 3 is 2.06 bits per heavy atom. The van der Waals surface area contributed by atoms with E-state index in [-0.39, 0.29) is 35.5 Å². The van der Waals surface area contributed by atoms with Crippen molar-refractivity contribution >= 4 is 13.4 Å². The lowest BCUT2D eigenvalue weighted by Gasteiger charge is -2.40. The van der Waals surface area contributed by atoms with E-state index in [2.05, 4.69) is 20.8 Å². The van der Waals surface area contributed by atoms with Gasteiger partial charge in [0.25, 0.3) is 5.41 Å². The molecule has 2 atom stereocenters. The number of ether oxygens (including phenoxy) is 1. The van der Waals surface area contributed by atoms with Crippen molar-refractivity contribution in [2.24, 2.45) is 5.41 Å². The molecule has 1 aromatic rings. The molecule has 0 saturated heterocycles. The highest BCUT2D eigenvalue weighted by molar-refractivity contribution is 7.56. The van der Waals surface area contributed by atoms with Crippen LogP contribution >= 0.6 is 7.60 Å². The summed E-state index contributed by atoms with van der Waals surface area (Å²) >= 11 is 0. The van der Waals surface area contributed by atoms with Crippen molar-refractivity contribution in [1.29, 1.82) is 0 Å². The van der Waals surface area contributed by atoms with Crippen molar-refractivity contribution in [1.82, 2.24) is 0 Å². The van der Waals surface area contributed by atoms with Gasteiger partial charge in [-0.05, 0) is 68.4 Å². The van der Waals surface area contributed by atoms with E-state index in [9.17, 15) is 9.36 Å². The van der Waals surface area contributed by atoms with E-state index < -0.39 is 18.8 Å². The summed E-state index contributed by atoms with van der Waals surface area (Å²) in [6.07, 6.45) is 2.47. The number of rotatable bonds is 8. The summed E-state index contributed by atoms with van der Waals surface area (Å²) < 4.78 is 46.0. The van der Waals surface area contributed by atoms with Gasteiger partial charge in [-0.3, -0.25) is 9.36 Å². The molecule has 2 unspecified atom stereocenters. The molecule has 0 saturated carbocycles. The van der Waals surface area contributed by atoms with E-state index >= 15 is 4.39 Å². The van der Waals surface area contributed by atoms with E-state index in [4.69, 9.17) is 13.8 Å². The van der Waals surface area contributed by atoms with Crippen LogP contribution in [-0.2, 0) is 25.4 Å². The molecule has 188 valence electrons. The number of benzene rings is 1. The van der Waals surface area contributed by atoms with Gasteiger partial charge in [0.2, 0.25) is 5.78 Å². The molecule has 33 heavy (non-hydrogen) atoms. The summed E-state index contributed by atoms with van der Waals surface area (Å²) in [5.41, 5.74) is 2.43. The minimum atomic E-state index is -4.35. The molecule has 0 fully saturated rings. The Morgan fingerprint density at radius 1 is 1.09 bits per heavy atom. The maximum absolute atomic E-state index is 16.2. The van der Waals surface area contributed by atoms with E-state index in [1.165, 1.54) is 0 Å². The van der Waals surface area contributed by atoms with E-state index in [0.717, 1.165) is 42.2 Å². The van der Waals surface area contributed by atoms with Crippen LogP contribution in [-0.4, -0.2) is 31.5 Å². The molecular formula is C26H42FO5P. The quantitative estimate of drug-likeness (QED) is 0.281. The molecule has 1 aliphatic carbocycles. The van der Waals surface area contributed by atoms with Gasteiger partial charge < -0.3 is 13.8 Å². The molecule has 2 rings (SSSR count). The van der Waals surface area contributed by atoms with Gasteiger partial charge in [-0.25, -0.2) is 4.39 Å². The molecule has 0 aliphatic heterocycles. The van der Waals surface area contributed by atoms with Crippen LogP contribution in [0.3, 0.4) is 0 Å². The highest BCUT2D eigenvalue weighted by Gasteiger charge is 2.55. The van der Waals surface area contributed by atoms with Crippen molar-refractivity contribution in [3.63, 3.8) is 0 Å². The Morgan fingerprint density at radius 2 is 1.64 bits per heavy atom. The molecule has 0 aromatic heterocycles. The summed E-state index contributed by atoms with van der Waals surface area (Å²) in [5.74, 6) is 0.0558. The fourth-order valence-electron chi connectivity index (χ4n) is 4.82. The van der Waals surface area contributed by atoms with Gasteiger partial charge in [0.1, 0.15) is 5.75 Å². The van der Waals surface area contributed by atoms with Gasteiger partial charge in [-0.2, -0.15) is 0 Å². The highest BCUT2D eigenvalue weighted by Crippen LogP contribution is 2.62. The summed E-state index contributed by atoms with van der Waals surface area (Å²) in [6, 6.07) is 1.74. The minimum absolute atomic E-state index is 0.0237. The summed E-state index contributed by atoms with van der Waals surface area (Å²) in [5, 5.41) is -2.81. The molecule has 0 spiro atoms. The summed E-state index contributed by atoms with van der Waals surface area (Å²) in [4.78, 5) is 13.8. The van der Waals surface area contributed by atoms with Crippen LogP contribution in [0, 0.1) is 5.41 Å². The van der Waals surface area contributed by atoms with Crippen LogP contribution in [0.25, 0.3) is 0 Å². The first kappa shape index (κ1) is 28.0. The Bertz CT molecular complexity index is 914. The van der Waals surface area contributed by atoms with Crippen molar-refractivity contribution in [3.8, 4) is 5.75 Å². The van der Waals surface area contributed by atoms with Crippen LogP contribution in [0.1, 0.15) is 108 Å². The third-order valence-electron chi connectivity index (χ3n) is 6.53. The molecule has 0 heterocycles. The number of hydrogen-bond donors (Lipinski definition) is 0. The molecule has 7 heteroatoms. The second-order valence-electron chi connectivity index (χ2n) is 11.1. The van der Waals surface area contributed by atoms with Crippen molar-refractivity contribution in [3.05, 3.63) is 28.3 Å². The van der Waals surface area contributed by atoms with Gasteiger partial charge >= 0.3 is 7.60 Å². The second kappa shape index (κ2) is 9.79. The number of carbonyl (C=O) groups is 1. The van der Waals surface area contributed by atoms with Gasteiger partial charge in [0.05, 0.1) is 20.3 Å². The fraction of sp³-hybridized carbons (Fsp3) is 0.731. The zero-order valence-electron chi connectivity index (χ0n) is 22.1. The molecule has 5 nitrogen and oxygen atoms in total. The molecule has 0 amide bonds. The smallest absolute Gasteiger partial charge is 0.375 e. The van der Waals surface area contributed by atoms with Crippen LogP contribution in [0.15, 0.2) is 6.07 Å². The maximum Gasteiger partial charge on any atom is 0.375 e. The second-order valence-corrected chi connectivity index (χ2v) is 13.4. The first-order valence-electron chi connectivity index (χ1n) is 11.9. The van der Waals surface area contributed by atoms with Crippen LogP contribution in [0.4, 0.5) is 4.39 Å².